The maximum Gasteiger partial charge on any atom is 0.155 e. The van der Waals surface area contributed by atoms with Crippen molar-refractivity contribution in [2.75, 3.05) is 0 Å². The summed E-state index contributed by atoms with van der Waals surface area (Å²) in [7, 11) is 0. The monoisotopic (exact) mass is 611 g/mol. The van der Waals surface area contributed by atoms with Crippen molar-refractivity contribution < 1.29 is 30.0 Å². The second kappa shape index (κ2) is 10.5. The van der Waals surface area contributed by atoms with Gasteiger partial charge in [0.05, 0.1) is 11.3 Å². The van der Waals surface area contributed by atoms with E-state index in [4.69, 9.17) is 10.1 Å². The SMILES string of the molecule is CC(=O)/C=C(/C)O.Cc1cc(-c2[c-]c3ccccc3c3ccccc23)nc2ccccc12.[Ir]. The zero-order valence-electron chi connectivity index (χ0n) is 18.7. The number of para-hydroxylation sites is 1. The summed E-state index contributed by atoms with van der Waals surface area (Å²) in [5, 5.41) is 14.4. The van der Waals surface area contributed by atoms with Gasteiger partial charge in [0.1, 0.15) is 0 Å². The summed E-state index contributed by atoms with van der Waals surface area (Å²) in [6.45, 7) is 5.00. The van der Waals surface area contributed by atoms with E-state index in [1.807, 2.05) is 6.07 Å². The van der Waals surface area contributed by atoms with Crippen molar-refractivity contribution in [3.05, 3.63) is 102 Å². The Morgan fingerprint density at radius 3 is 2.06 bits per heavy atom. The number of aryl methyl sites for hydroxylation is 1. The van der Waals surface area contributed by atoms with E-state index in [0.717, 1.165) is 22.2 Å². The molecular weight excluding hydrogens is 587 g/mol. The molecule has 0 amide bonds. The predicted molar refractivity (Wildman–Crippen MR) is 133 cm³/mol. The van der Waals surface area contributed by atoms with Crippen LogP contribution in [0.4, 0.5) is 0 Å². The zero-order valence-corrected chi connectivity index (χ0v) is 21.1. The number of ketones is 1. The van der Waals surface area contributed by atoms with E-state index >= 15 is 0 Å². The van der Waals surface area contributed by atoms with Gasteiger partial charge in [-0.15, -0.1) is 17.5 Å². The number of aliphatic hydroxyl groups excluding tert-OH is 1. The Balaban J connectivity index is 0.000000337. The smallest absolute Gasteiger partial charge is 0.155 e. The molecule has 0 atom stereocenters. The van der Waals surface area contributed by atoms with Crippen LogP contribution in [-0.2, 0) is 24.9 Å². The second-order valence-corrected chi connectivity index (χ2v) is 7.83. The van der Waals surface area contributed by atoms with E-state index in [2.05, 4.69) is 85.8 Å². The minimum absolute atomic E-state index is 0. The number of allylic oxidation sites excluding steroid dienone is 2. The molecule has 1 heterocycles. The number of nitrogens with zero attached hydrogens (tertiary/aromatic N) is 1. The molecule has 3 nitrogen and oxygen atoms in total. The summed E-state index contributed by atoms with van der Waals surface area (Å²) < 4.78 is 0. The van der Waals surface area contributed by atoms with E-state index in [1.54, 1.807) is 0 Å². The van der Waals surface area contributed by atoms with Crippen LogP contribution in [0.1, 0.15) is 19.4 Å². The van der Waals surface area contributed by atoms with Crippen LogP contribution < -0.4 is 0 Å². The van der Waals surface area contributed by atoms with Gasteiger partial charge in [-0.2, -0.15) is 0 Å². The fourth-order valence-electron chi connectivity index (χ4n) is 3.94. The van der Waals surface area contributed by atoms with Crippen LogP contribution in [0.15, 0.2) is 90.7 Å². The molecule has 0 aliphatic rings. The maximum absolute atomic E-state index is 10.0. The van der Waals surface area contributed by atoms with Gasteiger partial charge in [0.15, 0.2) is 5.78 Å². The van der Waals surface area contributed by atoms with Crippen molar-refractivity contribution in [3.63, 3.8) is 0 Å². The normalized spacial score (nSPS) is 11.1. The van der Waals surface area contributed by atoms with Crippen LogP contribution >= 0.6 is 0 Å². The summed E-state index contributed by atoms with van der Waals surface area (Å²) in [5.41, 5.74) is 4.33. The molecule has 0 spiro atoms. The van der Waals surface area contributed by atoms with Crippen molar-refractivity contribution in [2.24, 2.45) is 0 Å². The number of rotatable bonds is 2. The molecule has 0 unspecified atom stereocenters. The topological polar surface area (TPSA) is 50.2 Å². The molecular formula is C29H24IrNO2-. The molecule has 33 heavy (non-hydrogen) atoms. The minimum Gasteiger partial charge on any atom is -0.512 e. The summed E-state index contributed by atoms with van der Waals surface area (Å²) in [6.07, 6.45) is 1.17. The number of aromatic nitrogens is 1. The van der Waals surface area contributed by atoms with Crippen LogP contribution in [0.25, 0.3) is 43.7 Å². The van der Waals surface area contributed by atoms with Crippen molar-refractivity contribution in [2.45, 2.75) is 20.8 Å². The molecule has 1 radical (unpaired) electrons. The third kappa shape index (κ3) is 5.36. The number of carbonyl (C=O) groups excluding carboxylic acids is 1. The van der Waals surface area contributed by atoms with Gasteiger partial charge in [-0.25, -0.2) is 0 Å². The number of hydrogen-bond acceptors (Lipinski definition) is 3. The molecule has 167 valence electrons. The Morgan fingerprint density at radius 1 is 0.848 bits per heavy atom. The Kier molecular flexibility index (Phi) is 7.75. The average molecular weight is 611 g/mol. The summed E-state index contributed by atoms with van der Waals surface area (Å²) in [6, 6.07) is 31.1. The molecule has 0 saturated heterocycles. The first-order chi connectivity index (χ1) is 15.4. The Bertz CT molecular complexity index is 1480. The molecule has 4 aromatic carbocycles. The van der Waals surface area contributed by atoms with E-state index in [-0.39, 0.29) is 31.6 Å². The van der Waals surface area contributed by atoms with Gasteiger partial charge in [-0.05, 0) is 32.4 Å². The van der Waals surface area contributed by atoms with Crippen molar-refractivity contribution in [1.82, 2.24) is 4.98 Å². The first-order valence-electron chi connectivity index (χ1n) is 10.5. The largest absolute Gasteiger partial charge is 0.512 e. The quantitative estimate of drug-likeness (QED) is 0.0984. The number of hydrogen-bond donors (Lipinski definition) is 1. The Hall–Kier alpha value is -3.33. The molecule has 5 aromatic rings. The minimum atomic E-state index is -0.125. The van der Waals surface area contributed by atoms with Gasteiger partial charge in [0.2, 0.25) is 0 Å². The van der Waals surface area contributed by atoms with Gasteiger partial charge in [0, 0.05) is 37.3 Å². The van der Waals surface area contributed by atoms with E-state index in [9.17, 15) is 4.79 Å². The molecule has 0 aliphatic carbocycles. The number of aliphatic hydroxyl groups is 1. The van der Waals surface area contributed by atoms with Crippen LogP contribution in [0, 0.1) is 13.0 Å². The first-order valence-corrected chi connectivity index (χ1v) is 10.5. The molecule has 1 N–H and O–H groups in total. The number of carbonyl (C=O) groups is 1. The average Bonchev–Trinajstić information content (AvgIpc) is 2.78. The maximum atomic E-state index is 10.0. The standard InChI is InChI=1S/C24H16N.C5H8O2.Ir/c1-16-14-24(25-23-13-7-6-9-18(16)23)22-15-17-8-2-3-10-19(17)20-11-4-5-12-21(20)22;1-4(6)3-5(2)7;/h2-14H,1H3;3,6H,1-2H3;/q-1;;/b;4-3-;. The Labute approximate surface area is 207 Å². The molecule has 0 fully saturated rings. The molecule has 4 heteroatoms. The van der Waals surface area contributed by atoms with E-state index < -0.39 is 0 Å². The van der Waals surface area contributed by atoms with Crippen LogP contribution in [-0.4, -0.2) is 15.9 Å². The van der Waals surface area contributed by atoms with E-state index in [1.165, 1.54) is 47.0 Å². The number of pyridine rings is 1. The van der Waals surface area contributed by atoms with Crippen molar-refractivity contribution in [3.8, 4) is 11.3 Å². The number of benzene rings is 4. The van der Waals surface area contributed by atoms with E-state index in [0.29, 0.717) is 0 Å². The Morgan fingerprint density at radius 2 is 1.42 bits per heavy atom. The van der Waals surface area contributed by atoms with Gasteiger partial charge < -0.3 is 5.11 Å². The third-order valence-corrected chi connectivity index (χ3v) is 5.26. The number of fused-ring (bicyclic) bond motifs is 4. The predicted octanol–water partition coefficient (Wildman–Crippen LogP) is 7.35. The summed E-state index contributed by atoms with van der Waals surface area (Å²) >= 11 is 0. The zero-order chi connectivity index (χ0) is 22.7. The molecule has 0 aliphatic heterocycles. The molecule has 1 aromatic heterocycles. The van der Waals surface area contributed by atoms with Crippen LogP contribution in [0.3, 0.4) is 0 Å². The fraction of sp³-hybridized carbons (Fsp3) is 0.103. The van der Waals surface area contributed by atoms with Gasteiger partial charge >= 0.3 is 0 Å². The van der Waals surface area contributed by atoms with Crippen LogP contribution in [0.5, 0.6) is 0 Å². The third-order valence-electron chi connectivity index (χ3n) is 5.26. The van der Waals surface area contributed by atoms with Crippen molar-refractivity contribution in [1.29, 1.82) is 0 Å². The fourth-order valence-corrected chi connectivity index (χ4v) is 3.94. The molecule has 0 bridgehead atoms. The van der Waals surface area contributed by atoms with Gasteiger partial charge in [0.25, 0.3) is 0 Å². The molecule has 0 saturated carbocycles. The van der Waals surface area contributed by atoms with Gasteiger partial charge in [-0.3, -0.25) is 9.78 Å². The first kappa shape index (κ1) is 24.3. The second-order valence-electron chi connectivity index (χ2n) is 7.83. The van der Waals surface area contributed by atoms with Crippen molar-refractivity contribution >= 4 is 38.2 Å². The summed E-state index contributed by atoms with van der Waals surface area (Å²) in [4.78, 5) is 14.9. The molecule has 5 rings (SSSR count). The summed E-state index contributed by atoms with van der Waals surface area (Å²) in [5.74, 6) is -0.0625. The van der Waals surface area contributed by atoms with Gasteiger partial charge in [-0.1, -0.05) is 88.5 Å². The van der Waals surface area contributed by atoms with Crippen LogP contribution in [0.2, 0.25) is 0 Å².